The van der Waals surface area contributed by atoms with Crippen LogP contribution in [-0.2, 0) is 11.3 Å². The Labute approximate surface area is 158 Å². The van der Waals surface area contributed by atoms with Crippen LogP contribution < -0.4 is 5.73 Å². The summed E-state index contributed by atoms with van der Waals surface area (Å²) in [4.78, 5) is 25.5. The van der Waals surface area contributed by atoms with Gasteiger partial charge in [0.25, 0.3) is 0 Å². The van der Waals surface area contributed by atoms with Gasteiger partial charge in [0.15, 0.2) is 0 Å². The second kappa shape index (κ2) is 7.23. The number of nitrogens with two attached hydrogens (primary N) is 1. The van der Waals surface area contributed by atoms with Crippen LogP contribution in [-0.4, -0.2) is 51.9 Å². The van der Waals surface area contributed by atoms with Gasteiger partial charge in [-0.3, -0.25) is 9.69 Å². The minimum Gasteiger partial charge on any atom is -0.384 e. The van der Waals surface area contributed by atoms with Crippen molar-refractivity contribution in [1.82, 2.24) is 19.8 Å². The van der Waals surface area contributed by atoms with E-state index in [0.29, 0.717) is 24.2 Å². The second-order valence-corrected chi connectivity index (χ2v) is 7.54. The molecule has 1 aromatic heterocycles. The highest BCUT2D eigenvalue weighted by molar-refractivity contribution is 5.83. The van der Waals surface area contributed by atoms with Gasteiger partial charge in [0.1, 0.15) is 17.5 Å². The molecule has 3 atom stereocenters. The molecule has 27 heavy (non-hydrogen) atoms. The third-order valence-electron chi connectivity index (χ3n) is 5.62. The molecule has 4 rings (SSSR count). The number of anilines is 1. The van der Waals surface area contributed by atoms with Crippen molar-refractivity contribution in [2.75, 3.05) is 25.9 Å². The van der Waals surface area contributed by atoms with Crippen LogP contribution in [0.2, 0.25) is 0 Å². The van der Waals surface area contributed by atoms with Gasteiger partial charge in [0, 0.05) is 31.2 Å². The second-order valence-electron chi connectivity index (χ2n) is 7.54. The normalized spacial score (nSPS) is 24.4. The van der Waals surface area contributed by atoms with Gasteiger partial charge in [-0.05, 0) is 49.6 Å². The standard InChI is InChI=1S/C20H24FN5O/c1-25(12-19-23-8-6-18(22)24-19)15-7-9-26(11-15)20(27)17-10-16(17)13-2-4-14(21)5-3-13/h2-6,8,15-17H,7,9-12H2,1H3,(H2,22,23,24)/t15-,16+,17+/m1/s1. The molecule has 2 heterocycles. The first-order valence-corrected chi connectivity index (χ1v) is 9.33. The smallest absolute Gasteiger partial charge is 0.226 e. The van der Waals surface area contributed by atoms with Gasteiger partial charge in [0.2, 0.25) is 5.91 Å². The quantitative estimate of drug-likeness (QED) is 0.873. The Morgan fingerprint density at radius 3 is 2.85 bits per heavy atom. The maximum atomic E-state index is 13.1. The molecule has 7 heteroatoms. The SMILES string of the molecule is CN(Cc1nccc(N)n1)[C@@H]1CCN(C(=O)[C@H]2C[C@H]2c2ccc(F)cc2)C1. The van der Waals surface area contributed by atoms with Crippen molar-refractivity contribution >= 4 is 11.7 Å². The number of likely N-dealkylation sites (N-methyl/N-ethyl adjacent to an activating group) is 1. The van der Waals surface area contributed by atoms with E-state index in [1.165, 1.54) is 12.1 Å². The summed E-state index contributed by atoms with van der Waals surface area (Å²) in [7, 11) is 2.03. The van der Waals surface area contributed by atoms with E-state index in [1.807, 2.05) is 11.9 Å². The Morgan fingerprint density at radius 2 is 2.11 bits per heavy atom. The predicted molar refractivity (Wildman–Crippen MR) is 100 cm³/mol. The summed E-state index contributed by atoms with van der Waals surface area (Å²) in [6.07, 6.45) is 3.47. The van der Waals surface area contributed by atoms with E-state index in [-0.39, 0.29) is 23.6 Å². The molecule has 2 N–H and O–H groups in total. The summed E-state index contributed by atoms with van der Waals surface area (Å²) in [6.45, 7) is 2.11. The lowest BCUT2D eigenvalue weighted by atomic mass is 10.1. The van der Waals surface area contributed by atoms with Crippen LogP contribution >= 0.6 is 0 Å². The largest absolute Gasteiger partial charge is 0.384 e. The summed E-state index contributed by atoms with van der Waals surface area (Å²) in [5, 5.41) is 0. The van der Waals surface area contributed by atoms with Crippen molar-refractivity contribution < 1.29 is 9.18 Å². The van der Waals surface area contributed by atoms with E-state index in [1.54, 1.807) is 24.4 Å². The van der Waals surface area contributed by atoms with Crippen molar-refractivity contribution in [3.63, 3.8) is 0 Å². The van der Waals surface area contributed by atoms with Crippen LogP contribution in [0, 0.1) is 11.7 Å². The lowest BCUT2D eigenvalue weighted by Crippen LogP contribution is -2.37. The van der Waals surface area contributed by atoms with E-state index in [9.17, 15) is 9.18 Å². The van der Waals surface area contributed by atoms with E-state index in [4.69, 9.17) is 5.73 Å². The number of nitrogens with zero attached hydrogens (tertiary/aromatic N) is 4. The molecule has 0 unspecified atom stereocenters. The monoisotopic (exact) mass is 369 g/mol. The Hall–Kier alpha value is -2.54. The number of benzene rings is 1. The van der Waals surface area contributed by atoms with Gasteiger partial charge in [-0.15, -0.1) is 0 Å². The molecular formula is C20H24FN5O. The van der Waals surface area contributed by atoms with Crippen LogP contribution in [0.5, 0.6) is 0 Å². The Bertz CT molecular complexity index is 827. The molecule has 2 aromatic rings. The lowest BCUT2D eigenvalue weighted by molar-refractivity contribution is -0.131. The number of amides is 1. The fourth-order valence-corrected chi connectivity index (χ4v) is 3.93. The minimum absolute atomic E-state index is 0.0387. The van der Waals surface area contributed by atoms with Gasteiger partial charge in [-0.2, -0.15) is 0 Å². The first kappa shape index (κ1) is 17.9. The number of aromatic nitrogens is 2. The van der Waals surface area contributed by atoms with Gasteiger partial charge in [-0.25, -0.2) is 14.4 Å². The van der Waals surface area contributed by atoms with Gasteiger partial charge < -0.3 is 10.6 Å². The average Bonchev–Trinajstić information content (AvgIpc) is 3.28. The van der Waals surface area contributed by atoms with Crippen LogP contribution in [0.1, 0.15) is 30.1 Å². The first-order valence-electron chi connectivity index (χ1n) is 9.33. The summed E-state index contributed by atoms with van der Waals surface area (Å²) in [6, 6.07) is 8.48. The molecule has 0 bridgehead atoms. The van der Waals surface area contributed by atoms with Crippen molar-refractivity contribution in [2.24, 2.45) is 5.92 Å². The molecule has 1 saturated carbocycles. The highest BCUT2D eigenvalue weighted by Crippen LogP contribution is 2.48. The van der Waals surface area contributed by atoms with E-state index in [0.717, 1.165) is 31.5 Å². The molecule has 1 aliphatic heterocycles. The number of hydrogen-bond acceptors (Lipinski definition) is 5. The topological polar surface area (TPSA) is 75.4 Å². The third kappa shape index (κ3) is 3.93. The van der Waals surface area contributed by atoms with Crippen molar-refractivity contribution in [3.05, 3.63) is 53.7 Å². The Balaban J connectivity index is 1.31. The zero-order chi connectivity index (χ0) is 19.0. The zero-order valence-corrected chi connectivity index (χ0v) is 15.4. The summed E-state index contributed by atoms with van der Waals surface area (Å²) in [5.74, 6) is 1.42. The molecule has 142 valence electrons. The zero-order valence-electron chi connectivity index (χ0n) is 15.4. The maximum absolute atomic E-state index is 13.1. The first-order chi connectivity index (χ1) is 13.0. The number of halogens is 1. The predicted octanol–water partition coefficient (Wildman–Crippen LogP) is 2.03. The molecule has 2 aliphatic rings. The highest BCUT2D eigenvalue weighted by atomic mass is 19.1. The Kier molecular flexibility index (Phi) is 4.78. The van der Waals surface area contributed by atoms with E-state index in [2.05, 4.69) is 14.9 Å². The Morgan fingerprint density at radius 1 is 1.33 bits per heavy atom. The number of hydrogen-bond donors (Lipinski definition) is 1. The van der Waals surface area contributed by atoms with Gasteiger partial charge >= 0.3 is 0 Å². The molecule has 0 spiro atoms. The molecule has 1 amide bonds. The van der Waals surface area contributed by atoms with Crippen LogP contribution in [0.15, 0.2) is 36.5 Å². The van der Waals surface area contributed by atoms with Crippen LogP contribution in [0.4, 0.5) is 10.2 Å². The van der Waals surface area contributed by atoms with E-state index < -0.39 is 0 Å². The van der Waals surface area contributed by atoms with E-state index >= 15 is 0 Å². The maximum Gasteiger partial charge on any atom is 0.226 e. The third-order valence-corrected chi connectivity index (χ3v) is 5.62. The molecule has 1 aliphatic carbocycles. The molecule has 1 saturated heterocycles. The minimum atomic E-state index is -0.239. The molecule has 0 radical (unpaired) electrons. The number of carbonyl (C=O) groups is 1. The fourth-order valence-electron chi connectivity index (χ4n) is 3.93. The summed E-state index contributed by atoms with van der Waals surface area (Å²) < 4.78 is 13.1. The molecule has 1 aromatic carbocycles. The van der Waals surface area contributed by atoms with Crippen LogP contribution in [0.25, 0.3) is 0 Å². The summed E-state index contributed by atoms with van der Waals surface area (Å²) >= 11 is 0. The lowest BCUT2D eigenvalue weighted by Gasteiger charge is -2.24. The van der Waals surface area contributed by atoms with Gasteiger partial charge in [0.05, 0.1) is 6.54 Å². The molecule has 6 nitrogen and oxygen atoms in total. The molecule has 2 fully saturated rings. The van der Waals surface area contributed by atoms with Crippen molar-refractivity contribution in [2.45, 2.75) is 31.3 Å². The van der Waals surface area contributed by atoms with Crippen molar-refractivity contribution in [1.29, 1.82) is 0 Å². The van der Waals surface area contributed by atoms with Gasteiger partial charge in [-0.1, -0.05) is 12.1 Å². The number of rotatable bonds is 5. The summed E-state index contributed by atoms with van der Waals surface area (Å²) in [5.41, 5.74) is 6.77. The fraction of sp³-hybridized carbons (Fsp3) is 0.450. The number of carbonyl (C=O) groups excluding carboxylic acids is 1. The highest BCUT2D eigenvalue weighted by Gasteiger charge is 2.47. The number of likely N-dealkylation sites (tertiary alicyclic amines) is 1. The average molecular weight is 369 g/mol. The molecular weight excluding hydrogens is 345 g/mol. The van der Waals surface area contributed by atoms with Crippen molar-refractivity contribution in [3.8, 4) is 0 Å². The van der Waals surface area contributed by atoms with Crippen LogP contribution in [0.3, 0.4) is 0 Å². The number of nitrogen functional groups attached to an aromatic ring is 1.